The molecule has 0 aliphatic carbocycles. The van der Waals surface area contributed by atoms with E-state index < -0.39 is 0 Å². The van der Waals surface area contributed by atoms with E-state index in [4.69, 9.17) is 0 Å². The van der Waals surface area contributed by atoms with Crippen molar-refractivity contribution in [2.75, 3.05) is 18.0 Å². The van der Waals surface area contributed by atoms with E-state index in [-0.39, 0.29) is 11.8 Å². The van der Waals surface area contributed by atoms with Gasteiger partial charge in [0.25, 0.3) is 0 Å². The Kier molecular flexibility index (Phi) is 3.61. The largest absolute Gasteiger partial charge is 0.338 e. The normalized spacial score (nSPS) is 14.4. The molecule has 0 atom stereocenters. The lowest BCUT2D eigenvalue weighted by molar-refractivity contribution is 0.245. The first-order chi connectivity index (χ1) is 8.24. The van der Waals surface area contributed by atoms with Gasteiger partial charge in [0, 0.05) is 13.1 Å². The number of carbonyl (C=O) groups excluding carboxylic acids is 1. The Hall–Kier alpha value is -1.58. The Morgan fingerprint density at radius 2 is 2.35 bits per heavy atom. The van der Waals surface area contributed by atoms with Crippen LogP contribution in [0.15, 0.2) is 18.2 Å². The Morgan fingerprint density at radius 1 is 1.53 bits per heavy atom. The van der Waals surface area contributed by atoms with Crippen LogP contribution in [0.1, 0.15) is 25.3 Å². The number of nitrogens with one attached hydrogen (secondary N) is 1. The molecule has 0 fully saturated rings. The second-order valence-corrected chi connectivity index (χ2v) is 4.23. The molecule has 0 unspecified atom stereocenters. The molecule has 92 valence electrons. The average molecular weight is 236 g/mol. The lowest BCUT2D eigenvalue weighted by atomic mass is 10.0. The standard InChI is InChI=1S/C13H17FN2O/c1-2-8-15-13(17)16-9-4-6-10-5-3-7-11(14)12(10)16/h3,5,7H,2,4,6,8-9H2,1H3,(H,15,17). The van der Waals surface area contributed by atoms with Crippen LogP contribution in [-0.2, 0) is 6.42 Å². The molecule has 0 bridgehead atoms. The monoisotopic (exact) mass is 236 g/mol. The summed E-state index contributed by atoms with van der Waals surface area (Å²) in [5.74, 6) is -0.311. The van der Waals surface area contributed by atoms with Crippen LogP contribution in [0.3, 0.4) is 0 Å². The summed E-state index contributed by atoms with van der Waals surface area (Å²) in [4.78, 5) is 13.4. The Labute approximate surface area is 101 Å². The molecule has 0 saturated heterocycles. The minimum Gasteiger partial charge on any atom is -0.338 e. The number of aryl methyl sites for hydroxylation is 1. The van der Waals surface area contributed by atoms with E-state index in [1.165, 1.54) is 11.0 Å². The third-order valence-electron chi connectivity index (χ3n) is 2.94. The number of carbonyl (C=O) groups is 1. The molecular formula is C13H17FN2O. The van der Waals surface area contributed by atoms with Crippen molar-refractivity contribution in [1.82, 2.24) is 5.32 Å². The maximum atomic E-state index is 13.8. The summed E-state index contributed by atoms with van der Waals surface area (Å²) >= 11 is 0. The molecule has 1 aliphatic rings. The van der Waals surface area contributed by atoms with Crippen molar-refractivity contribution in [3.63, 3.8) is 0 Å². The lowest BCUT2D eigenvalue weighted by Gasteiger charge is -2.29. The van der Waals surface area contributed by atoms with Crippen LogP contribution in [-0.4, -0.2) is 19.1 Å². The summed E-state index contributed by atoms with van der Waals surface area (Å²) in [6.07, 6.45) is 2.60. The van der Waals surface area contributed by atoms with E-state index in [0.29, 0.717) is 18.8 Å². The van der Waals surface area contributed by atoms with Crippen molar-refractivity contribution in [3.05, 3.63) is 29.6 Å². The van der Waals surface area contributed by atoms with E-state index >= 15 is 0 Å². The number of hydrogen-bond acceptors (Lipinski definition) is 1. The number of rotatable bonds is 2. The van der Waals surface area contributed by atoms with E-state index in [1.54, 1.807) is 6.07 Å². The number of anilines is 1. The molecule has 0 spiro atoms. The summed E-state index contributed by atoms with van der Waals surface area (Å²) in [6, 6.07) is 4.79. The van der Waals surface area contributed by atoms with Gasteiger partial charge in [-0.3, -0.25) is 4.90 Å². The van der Waals surface area contributed by atoms with Gasteiger partial charge in [-0.1, -0.05) is 19.1 Å². The zero-order chi connectivity index (χ0) is 12.3. The molecule has 0 aromatic heterocycles. The summed E-state index contributed by atoms with van der Waals surface area (Å²) in [5, 5.41) is 2.79. The second kappa shape index (κ2) is 5.17. The maximum absolute atomic E-state index is 13.8. The van der Waals surface area contributed by atoms with Gasteiger partial charge >= 0.3 is 6.03 Å². The molecule has 1 aromatic rings. The van der Waals surface area contributed by atoms with Crippen molar-refractivity contribution >= 4 is 11.7 Å². The van der Waals surface area contributed by atoms with Gasteiger partial charge < -0.3 is 5.32 Å². The van der Waals surface area contributed by atoms with E-state index in [1.807, 2.05) is 13.0 Å². The third kappa shape index (κ3) is 2.40. The fourth-order valence-corrected chi connectivity index (χ4v) is 2.13. The Bertz CT molecular complexity index is 420. The van der Waals surface area contributed by atoms with Crippen LogP contribution in [0.2, 0.25) is 0 Å². The van der Waals surface area contributed by atoms with Crippen molar-refractivity contribution in [2.24, 2.45) is 0 Å². The number of halogens is 1. The molecule has 1 heterocycles. The van der Waals surface area contributed by atoms with Gasteiger partial charge in [-0.25, -0.2) is 9.18 Å². The quantitative estimate of drug-likeness (QED) is 0.841. The van der Waals surface area contributed by atoms with Gasteiger partial charge in [0.2, 0.25) is 0 Å². The number of benzene rings is 1. The molecule has 2 rings (SSSR count). The zero-order valence-electron chi connectivity index (χ0n) is 10.0. The first kappa shape index (κ1) is 11.9. The Balaban J connectivity index is 2.25. The second-order valence-electron chi connectivity index (χ2n) is 4.23. The van der Waals surface area contributed by atoms with Gasteiger partial charge in [-0.2, -0.15) is 0 Å². The number of amides is 2. The minimum absolute atomic E-state index is 0.196. The molecular weight excluding hydrogens is 219 g/mol. The number of nitrogens with zero attached hydrogens (tertiary/aromatic N) is 1. The molecule has 2 amide bonds. The first-order valence-corrected chi connectivity index (χ1v) is 6.06. The Morgan fingerprint density at radius 3 is 3.12 bits per heavy atom. The number of fused-ring (bicyclic) bond motifs is 1. The third-order valence-corrected chi connectivity index (χ3v) is 2.94. The van der Waals surface area contributed by atoms with Crippen molar-refractivity contribution in [1.29, 1.82) is 0 Å². The molecule has 3 nitrogen and oxygen atoms in total. The van der Waals surface area contributed by atoms with Gasteiger partial charge in [0.1, 0.15) is 5.82 Å². The van der Waals surface area contributed by atoms with Gasteiger partial charge in [0.15, 0.2) is 0 Å². The molecule has 1 aromatic carbocycles. The highest BCUT2D eigenvalue weighted by Crippen LogP contribution is 2.29. The average Bonchev–Trinajstić information content (AvgIpc) is 2.35. The van der Waals surface area contributed by atoms with Crippen molar-refractivity contribution in [2.45, 2.75) is 26.2 Å². The molecule has 0 radical (unpaired) electrons. The van der Waals surface area contributed by atoms with Crippen LogP contribution in [0.4, 0.5) is 14.9 Å². The molecule has 17 heavy (non-hydrogen) atoms. The molecule has 1 aliphatic heterocycles. The first-order valence-electron chi connectivity index (χ1n) is 6.06. The number of para-hydroxylation sites is 1. The van der Waals surface area contributed by atoms with E-state index in [9.17, 15) is 9.18 Å². The summed E-state index contributed by atoms with van der Waals surface area (Å²) in [6.45, 7) is 3.20. The maximum Gasteiger partial charge on any atom is 0.321 e. The van der Waals surface area contributed by atoms with Crippen LogP contribution in [0.5, 0.6) is 0 Å². The molecule has 0 saturated carbocycles. The van der Waals surface area contributed by atoms with Crippen LogP contribution >= 0.6 is 0 Å². The fourth-order valence-electron chi connectivity index (χ4n) is 2.13. The predicted molar refractivity (Wildman–Crippen MR) is 65.8 cm³/mol. The van der Waals surface area contributed by atoms with Crippen LogP contribution < -0.4 is 10.2 Å². The molecule has 4 heteroatoms. The van der Waals surface area contributed by atoms with E-state index in [0.717, 1.165) is 24.8 Å². The van der Waals surface area contributed by atoms with Gasteiger partial charge in [-0.05, 0) is 30.9 Å². The van der Waals surface area contributed by atoms with Crippen molar-refractivity contribution in [3.8, 4) is 0 Å². The smallest absolute Gasteiger partial charge is 0.321 e. The van der Waals surface area contributed by atoms with Crippen LogP contribution in [0, 0.1) is 5.82 Å². The van der Waals surface area contributed by atoms with Gasteiger partial charge in [-0.15, -0.1) is 0 Å². The summed E-state index contributed by atoms with van der Waals surface area (Å²) in [5.41, 5.74) is 1.37. The van der Waals surface area contributed by atoms with E-state index in [2.05, 4.69) is 5.32 Å². The summed E-state index contributed by atoms with van der Waals surface area (Å²) in [7, 11) is 0. The van der Waals surface area contributed by atoms with Crippen molar-refractivity contribution < 1.29 is 9.18 Å². The highest BCUT2D eigenvalue weighted by molar-refractivity contribution is 5.93. The number of hydrogen-bond donors (Lipinski definition) is 1. The highest BCUT2D eigenvalue weighted by atomic mass is 19.1. The highest BCUT2D eigenvalue weighted by Gasteiger charge is 2.24. The SMILES string of the molecule is CCCNC(=O)N1CCCc2cccc(F)c21. The fraction of sp³-hybridized carbons (Fsp3) is 0.462. The summed E-state index contributed by atoms with van der Waals surface area (Å²) < 4.78 is 13.8. The van der Waals surface area contributed by atoms with Gasteiger partial charge in [0.05, 0.1) is 5.69 Å². The zero-order valence-corrected chi connectivity index (χ0v) is 10.0. The number of urea groups is 1. The van der Waals surface area contributed by atoms with Crippen LogP contribution in [0.25, 0.3) is 0 Å². The topological polar surface area (TPSA) is 32.3 Å². The predicted octanol–water partition coefficient (Wildman–Crippen LogP) is 2.70. The lowest BCUT2D eigenvalue weighted by Crippen LogP contribution is -2.43. The molecule has 1 N–H and O–H groups in total. The minimum atomic E-state index is -0.311.